The molecule has 0 aliphatic carbocycles. The molecule has 1 atom stereocenters. The molecule has 0 unspecified atom stereocenters. The first-order chi connectivity index (χ1) is 12.3. The third-order valence-electron chi connectivity index (χ3n) is 4.08. The van der Waals surface area contributed by atoms with E-state index in [1.807, 2.05) is 45.9 Å². The number of hydrogen-bond acceptors (Lipinski definition) is 3. The fourth-order valence-electron chi connectivity index (χ4n) is 2.46. The van der Waals surface area contributed by atoms with Crippen molar-refractivity contribution in [1.82, 2.24) is 5.32 Å². The lowest BCUT2D eigenvalue weighted by atomic mass is 10.1. The molecule has 0 aromatic heterocycles. The van der Waals surface area contributed by atoms with Crippen LogP contribution in [0.5, 0.6) is 5.75 Å². The van der Waals surface area contributed by atoms with E-state index < -0.39 is 6.10 Å². The average molecular weight is 354 g/mol. The lowest BCUT2D eigenvalue weighted by Gasteiger charge is -2.18. The van der Waals surface area contributed by atoms with Gasteiger partial charge < -0.3 is 15.4 Å². The van der Waals surface area contributed by atoms with E-state index in [0.29, 0.717) is 17.0 Å². The van der Waals surface area contributed by atoms with Crippen molar-refractivity contribution in [1.29, 1.82) is 0 Å². The van der Waals surface area contributed by atoms with Gasteiger partial charge in [-0.1, -0.05) is 24.3 Å². The quantitative estimate of drug-likeness (QED) is 0.828. The predicted octanol–water partition coefficient (Wildman–Crippen LogP) is 3.85. The van der Waals surface area contributed by atoms with Crippen molar-refractivity contribution in [2.24, 2.45) is 0 Å². The Labute approximate surface area is 154 Å². The minimum atomic E-state index is -0.697. The predicted molar refractivity (Wildman–Crippen MR) is 104 cm³/mol. The van der Waals surface area contributed by atoms with Crippen molar-refractivity contribution in [3.63, 3.8) is 0 Å². The lowest BCUT2D eigenvalue weighted by molar-refractivity contribution is -0.122. The van der Waals surface area contributed by atoms with Gasteiger partial charge in [-0.25, -0.2) is 0 Å². The summed E-state index contributed by atoms with van der Waals surface area (Å²) in [6.45, 7) is 9.42. The van der Waals surface area contributed by atoms with Gasteiger partial charge in [0.1, 0.15) is 5.75 Å². The number of para-hydroxylation sites is 1. The van der Waals surface area contributed by atoms with Crippen molar-refractivity contribution in [3.8, 4) is 5.75 Å². The van der Waals surface area contributed by atoms with Crippen molar-refractivity contribution in [3.05, 3.63) is 59.2 Å². The summed E-state index contributed by atoms with van der Waals surface area (Å²) in [5.74, 6) is 0.146. The maximum Gasteiger partial charge on any atom is 0.265 e. The molecular formula is C21H26N2O3. The number of benzene rings is 2. The van der Waals surface area contributed by atoms with Gasteiger partial charge in [-0.3, -0.25) is 9.59 Å². The first-order valence-electron chi connectivity index (χ1n) is 8.73. The highest BCUT2D eigenvalue weighted by Crippen LogP contribution is 2.22. The summed E-state index contributed by atoms with van der Waals surface area (Å²) in [7, 11) is 0. The minimum absolute atomic E-state index is 0.0119. The second kappa shape index (κ2) is 8.52. The SMILES string of the molecule is Cc1cccc(O[C@H](C)C(=O)Nc2ccccc2C(=O)NC(C)C)c1C. The second-order valence-electron chi connectivity index (χ2n) is 6.62. The number of amides is 2. The van der Waals surface area contributed by atoms with Gasteiger partial charge in [-0.15, -0.1) is 0 Å². The number of ether oxygens (including phenoxy) is 1. The van der Waals surface area contributed by atoms with Crippen molar-refractivity contribution < 1.29 is 14.3 Å². The highest BCUT2D eigenvalue weighted by molar-refractivity contribution is 6.04. The van der Waals surface area contributed by atoms with Crippen LogP contribution < -0.4 is 15.4 Å². The molecule has 0 aliphatic rings. The summed E-state index contributed by atoms with van der Waals surface area (Å²) < 4.78 is 5.81. The zero-order valence-electron chi connectivity index (χ0n) is 15.9. The molecule has 0 bridgehead atoms. The molecule has 2 aromatic carbocycles. The number of hydrogen-bond donors (Lipinski definition) is 2. The molecule has 138 valence electrons. The molecule has 0 heterocycles. The minimum Gasteiger partial charge on any atom is -0.481 e. The van der Waals surface area contributed by atoms with Crippen molar-refractivity contribution >= 4 is 17.5 Å². The Balaban J connectivity index is 2.12. The highest BCUT2D eigenvalue weighted by Gasteiger charge is 2.19. The summed E-state index contributed by atoms with van der Waals surface area (Å²) in [6.07, 6.45) is -0.697. The molecule has 2 N–H and O–H groups in total. The number of rotatable bonds is 6. The van der Waals surface area contributed by atoms with Gasteiger partial charge in [-0.05, 0) is 63.9 Å². The summed E-state index contributed by atoms with van der Waals surface area (Å²) >= 11 is 0. The second-order valence-corrected chi connectivity index (χ2v) is 6.62. The fraction of sp³-hybridized carbons (Fsp3) is 0.333. The number of aryl methyl sites for hydroxylation is 1. The van der Waals surface area contributed by atoms with Crippen LogP contribution in [0.1, 0.15) is 42.3 Å². The van der Waals surface area contributed by atoms with E-state index in [2.05, 4.69) is 10.6 Å². The van der Waals surface area contributed by atoms with Gasteiger partial charge in [0.25, 0.3) is 11.8 Å². The normalized spacial score (nSPS) is 11.8. The van der Waals surface area contributed by atoms with Crippen LogP contribution in [0, 0.1) is 13.8 Å². The van der Waals surface area contributed by atoms with Gasteiger partial charge in [-0.2, -0.15) is 0 Å². The Hall–Kier alpha value is -2.82. The molecule has 0 radical (unpaired) electrons. The number of anilines is 1. The molecular weight excluding hydrogens is 328 g/mol. The topological polar surface area (TPSA) is 67.4 Å². The van der Waals surface area contributed by atoms with Gasteiger partial charge >= 0.3 is 0 Å². The Bertz CT molecular complexity index is 800. The van der Waals surface area contributed by atoms with Gasteiger partial charge in [0.05, 0.1) is 11.3 Å². The summed E-state index contributed by atoms with van der Waals surface area (Å²) in [6, 6.07) is 12.7. The maximum atomic E-state index is 12.5. The van der Waals surface area contributed by atoms with E-state index in [4.69, 9.17) is 4.74 Å². The smallest absolute Gasteiger partial charge is 0.265 e. The summed E-state index contributed by atoms with van der Waals surface area (Å²) in [4.78, 5) is 24.8. The molecule has 0 saturated heterocycles. The molecule has 0 spiro atoms. The third-order valence-corrected chi connectivity index (χ3v) is 4.08. The molecule has 2 rings (SSSR count). The zero-order valence-corrected chi connectivity index (χ0v) is 15.9. The Morgan fingerprint density at radius 1 is 0.962 bits per heavy atom. The van der Waals surface area contributed by atoms with Crippen LogP contribution in [0.2, 0.25) is 0 Å². The Morgan fingerprint density at radius 2 is 1.65 bits per heavy atom. The molecule has 0 saturated carbocycles. The van der Waals surface area contributed by atoms with Crippen LogP contribution in [0.3, 0.4) is 0 Å². The Morgan fingerprint density at radius 3 is 2.35 bits per heavy atom. The van der Waals surface area contributed by atoms with E-state index in [1.54, 1.807) is 31.2 Å². The molecule has 0 aliphatic heterocycles. The van der Waals surface area contributed by atoms with E-state index in [-0.39, 0.29) is 17.9 Å². The molecule has 2 aromatic rings. The monoisotopic (exact) mass is 354 g/mol. The standard InChI is InChI=1S/C21H26N2O3/c1-13(2)22-21(25)17-10-6-7-11-18(17)23-20(24)16(5)26-19-12-8-9-14(3)15(19)4/h6-13,16H,1-5H3,(H,22,25)(H,23,24)/t16-/m1/s1. The largest absolute Gasteiger partial charge is 0.481 e. The van der Waals surface area contributed by atoms with Gasteiger partial charge in [0, 0.05) is 6.04 Å². The van der Waals surface area contributed by atoms with E-state index in [9.17, 15) is 9.59 Å². The average Bonchev–Trinajstić information content (AvgIpc) is 2.58. The molecule has 5 heteroatoms. The van der Waals surface area contributed by atoms with Gasteiger partial charge in [0.15, 0.2) is 6.10 Å². The zero-order chi connectivity index (χ0) is 19.3. The van der Waals surface area contributed by atoms with Crippen molar-refractivity contribution in [2.45, 2.75) is 46.8 Å². The highest BCUT2D eigenvalue weighted by atomic mass is 16.5. The molecule has 5 nitrogen and oxygen atoms in total. The van der Waals surface area contributed by atoms with Crippen LogP contribution >= 0.6 is 0 Å². The van der Waals surface area contributed by atoms with Crippen LogP contribution in [0.15, 0.2) is 42.5 Å². The van der Waals surface area contributed by atoms with E-state index >= 15 is 0 Å². The van der Waals surface area contributed by atoms with E-state index in [1.165, 1.54) is 0 Å². The van der Waals surface area contributed by atoms with Crippen molar-refractivity contribution in [2.75, 3.05) is 5.32 Å². The van der Waals surface area contributed by atoms with Crippen LogP contribution in [-0.2, 0) is 4.79 Å². The molecule has 2 amide bonds. The fourth-order valence-corrected chi connectivity index (χ4v) is 2.46. The Kier molecular flexibility index (Phi) is 6.39. The van der Waals surface area contributed by atoms with Crippen LogP contribution in [-0.4, -0.2) is 24.0 Å². The first-order valence-corrected chi connectivity index (χ1v) is 8.73. The van der Waals surface area contributed by atoms with Gasteiger partial charge in [0.2, 0.25) is 0 Å². The number of carbonyl (C=O) groups is 2. The number of nitrogens with one attached hydrogen (secondary N) is 2. The summed E-state index contributed by atoms with van der Waals surface area (Å²) in [5, 5.41) is 5.63. The van der Waals surface area contributed by atoms with Crippen LogP contribution in [0.25, 0.3) is 0 Å². The molecule has 26 heavy (non-hydrogen) atoms. The maximum absolute atomic E-state index is 12.5. The lowest BCUT2D eigenvalue weighted by Crippen LogP contribution is -2.33. The van der Waals surface area contributed by atoms with E-state index in [0.717, 1.165) is 11.1 Å². The first kappa shape index (κ1) is 19.5. The third kappa shape index (κ3) is 4.85. The summed E-state index contributed by atoms with van der Waals surface area (Å²) in [5.41, 5.74) is 3.00. The molecule has 0 fully saturated rings. The van der Waals surface area contributed by atoms with Crippen LogP contribution in [0.4, 0.5) is 5.69 Å². The number of carbonyl (C=O) groups excluding carboxylic acids is 2.